The summed E-state index contributed by atoms with van der Waals surface area (Å²) in [5.41, 5.74) is 0.876. The van der Waals surface area contributed by atoms with Crippen molar-refractivity contribution in [1.82, 2.24) is 4.90 Å². The normalized spacial score (nSPS) is 20.2. The van der Waals surface area contributed by atoms with Gasteiger partial charge >= 0.3 is 0 Å². The van der Waals surface area contributed by atoms with Gasteiger partial charge < -0.3 is 14.4 Å². The highest BCUT2D eigenvalue weighted by atomic mass is 16.5. The van der Waals surface area contributed by atoms with Crippen molar-refractivity contribution in [3.05, 3.63) is 23.8 Å². The lowest BCUT2D eigenvalue weighted by atomic mass is 9.86. The van der Waals surface area contributed by atoms with Crippen LogP contribution in [0.5, 0.6) is 11.5 Å². The van der Waals surface area contributed by atoms with E-state index in [9.17, 15) is 14.9 Å². The van der Waals surface area contributed by atoms with Crippen LogP contribution < -0.4 is 9.47 Å². The van der Waals surface area contributed by atoms with Gasteiger partial charge in [0.25, 0.3) is 0 Å². The Labute approximate surface area is 147 Å². The minimum absolute atomic E-state index is 0.168. The van der Waals surface area contributed by atoms with Crippen molar-refractivity contribution in [1.29, 1.82) is 5.26 Å². The van der Waals surface area contributed by atoms with Crippen LogP contribution in [0.4, 0.5) is 0 Å². The molecule has 2 aliphatic heterocycles. The Bertz CT molecular complexity index is 704. The summed E-state index contributed by atoms with van der Waals surface area (Å²) in [6.07, 6.45) is 2.32. The van der Waals surface area contributed by atoms with Crippen molar-refractivity contribution in [2.75, 3.05) is 26.3 Å². The lowest BCUT2D eigenvalue weighted by Gasteiger charge is -2.27. The zero-order chi connectivity index (χ0) is 17.8. The molecule has 0 saturated carbocycles. The lowest BCUT2D eigenvalue weighted by Crippen LogP contribution is -2.41. The van der Waals surface area contributed by atoms with Crippen LogP contribution in [0.3, 0.4) is 0 Å². The Morgan fingerprint density at radius 2 is 2.16 bits per heavy atom. The number of Topliss-reactive ketones (excluding diaryl/α,β-unsaturated/α-hetero) is 1. The maximum atomic E-state index is 12.8. The summed E-state index contributed by atoms with van der Waals surface area (Å²) < 4.78 is 11.3. The molecule has 6 heteroatoms. The van der Waals surface area contributed by atoms with E-state index in [1.807, 2.05) is 31.2 Å². The number of likely N-dealkylation sites (tertiary alicyclic amines) is 1. The minimum atomic E-state index is -1.23. The Morgan fingerprint density at radius 1 is 1.40 bits per heavy atom. The van der Waals surface area contributed by atoms with Gasteiger partial charge in [0, 0.05) is 13.1 Å². The van der Waals surface area contributed by atoms with Crippen LogP contribution >= 0.6 is 0 Å². The number of fused-ring (bicyclic) bond motifs is 1. The van der Waals surface area contributed by atoms with E-state index in [1.165, 1.54) is 0 Å². The van der Waals surface area contributed by atoms with E-state index in [0.29, 0.717) is 37.6 Å². The fraction of sp³-hybridized carbons (Fsp3) is 0.526. The van der Waals surface area contributed by atoms with Crippen LogP contribution in [-0.4, -0.2) is 42.9 Å². The van der Waals surface area contributed by atoms with Crippen molar-refractivity contribution in [2.45, 2.75) is 26.2 Å². The molecule has 0 radical (unpaired) electrons. The van der Waals surface area contributed by atoms with E-state index < -0.39 is 11.8 Å². The molecule has 0 spiro atoms. The third-order valence-corrected chi connectivity index (χ3v) is 4.74. The number of para-hydroxylation sites is 1. The topological polar surface area (TPSA) is 79.6 Å². The first kappa shape index (κ1) is 17.3. The van der Waals surface area contributed by atoms with Gasteiger partial charge in [0.05, 0.1) is 25.2 Å². The maximum absolute atomic E-state index is 12.8. The summed E-state index contributed by atoms with van der Waals surface area (Å²) in [5, 5.41) is 9.39. The highest BCUT2D eigenvalue weighted by molar-refractivity contribution is 6.05. The smallest absolute Gasteiger partial charge is 0.247 e. The fourth-order valence-corrected chi connectivity index (χ4v) is 3.44. The number of rotatable bonds is 5. The van der Waals surface area contributed by atoms with E-state index in [-0.39, 0.29) is 18.3 Å². The molecule has 1 aromatic carbocycles. The van der Waals surface area contributed by atoms with Crippen molar-refractivity contribution in [2.24, 2.45) is 11.8 Å². The number of amides is 1. The van der Waals surface area contributed by atoms with Gasteiger partial charge in [-0.1, -0.05) is 12.1 Å². The summed E-state index contributed by atoms with van der Waals surface area (Å²) in [7, 11) is 0. The molecule has 2 aliphatic rings. The average molecular weight is 342 g/mol. The van der Waals surface area contributed by atoms with Crippen molar-refractivity contribution in [3.63, 3.8) is 0 Å². The summed E-state index contributed by atoms with van der Waals surface area (Å²) >= 11 is 0. The number of carbonyl (C=O) groups excluding carboxylic acids is 2. The van der Waals surface area contributed by atoms with Gasteiger partial charge in [0.1, 0.15) is 0 Å². The predicted octanol–water partition coefficient (Wildman–Crippen LogP) is 1.97. The van der Waals surface area contributed by atoms with E-state index in [0.717, 1.165) is 18.4 Å². The highest BCUT2D eigenvalue weighted by Crippen LogP contribution is 2.37. The Hall–Kier alpha value is -2.55. The highest BCUT2D eigenvalue weighted by Gasteiger charge is 2.38. The standard InChI is InChI=1S/C19H22N2O4/c1-2-24-16-7-5-6-13-10-14(12-25-18(13)16)17(22)15(11-20)19(23)21-8-3-4-9-21/h5-7,14-15H,2-4,8-10,12H2,1H3/t14-,15+/m0/s1. The van der Waals surface area contributed by atoms with Gasteiger partial charge in [-0.2, -0.15) is 5.26 Å². The molecule has 25 heavy (non-hydrogen) atoms. The molecule has 1 aromatic rings. The van der Waals surface area contributed by atoms with Crippen LogP contribution in [0.15, 0.2) is 18.2 Å². The number of ketones is 1. The Kier molecular flexibility index (Phi) is 5.22. The first-order valence-corrected chi connectivity index (χ1v) is 8.75. The fourth-order valence-electron chi connectivity index (χ4n) is 3.44. The lowest BCUT2D eigenvalue weighted by molar-refractivity contribution is -0.140. The second-order valence-corrected chi connectivity index (χ2v) is 6.39. The van der Waals surface area contributed by atoms with Crippen LogP contribution in [0, 0.1) is 23.2 Å². The van der Waals surface area contributed by atoms with Gasteiger partial charge in [-0.15, -0.1) is 0 Å². The van der Waals surface area contributed by atoms with Crippen LogP contribution in [0.25, 0.3) is 0 Å². The zero-order valence-electron chi connectivity index (χ0n) is 14.4. The predicted molar refractivity (Wildman–Crippen MR) is 90.2 cm³/mol. The van der Waals surface area contributed by atoms with Crippen molar-refractivity contribution < 1.29 is 19.1 Å². The monoisotopic (exact) mass is 342 g/mol. The summed E-state index contributed by atoms with van der Waals surface area (Å²) in [4.78, 5) is 26.9. The molecule has 0 bridgehead atoms. The number of hydrogen-bond donors (Lipinski definition) is 0. The molecule has 1 fully saturated rings. The van der Waals surface area contributed by atoms with Gasteiger partial charge in [0.2, 0.25) is 5.91 Å². The molecular formula is C19H22N2O4. The van der Waals surface area contributed by atoms with Crippen molar-refractivity contribution in [3.8, 4) is 17.6 Å². The molecule has 0 aromatic heterocycles. The van der Waals surface area contributed by atoms with Crippen LogP contribution in [0.1, 0.15) is 25.3 Å². The largest absolute Gasteiger partial charge is 0.490 e. The summed E-state index contributed by atoms with van der Waals surface area (Å²) in [5.74, 6) is -1.10. The maximum Gasteiger partial charge on any atom is 0.247 e. The molecule has 0 aliphatic carbocycles. The number of carbonyl (C=O) groups is 2. The van der Waals surface area contributed by atoms with Crippen LogP contribution in [0.2, 0.25) is 0 Å². The number of nitrogens with zero attached hydrogens (tertiary/aromatic N) is 2. The Morgan fingerprint density at radius 3 is 2.84 bits per heavy atom. The number of nitriles is 1. The second-order valence-electron chi connectivity index (χ2n) is 6.39. The van der Waals surface area contributed by atoms with E-state index in [1.54, 1.807) is 4.90 Å². The molecule has 0 N–H and O–H groups in total. The van der Waals surface area contributed by atoms with Crippen LogP contribution in [-0.2, 0) is 16.0 Å². The molecule has 3 rings (SSSR count). The first-order valence-electron chi connectivity index (χ1n) is 8.75. The van der Waals surface area contributed by atoms with Gasteiger partial charge in [-0.05, 0) is 37.8 Å². The van der Waals surface area contributed by atoms with Crippen molar-refractivity contribution >= 4 is 11.7 Å². The second kappa shape index (κ2) is 7.56. The van der Waals surface area contributed by atoms with Gasteiger partial charge in [0.15, 0.2) is 23.2 Å². The third-order valence-electron chi connectivity index (χ3n) is 4.74. The zero-order valence-corrected chi connectivity index (χ0v) is 14.4. The SMILES string of the molecule is CCOc1cccc2c1OC[C@@H](C(=O)[C@@H](C#N)C(=O)N1CCCC1)C2. The molecular weight excluding hydrogens is 320 g/mol. The first-order chi connectivity index (χ1) is 12.2. The van der Waals surface area contributed by atoms with Gasteiger partial charge in [-0.3, -0.25) is 9.59 Å². The molecule has 1 amide bonds. The summed E-state index contributed by atoms with van der Waals surface area (Å²) in [6, 6.07) is 7.49. The molecule has 2 atom stereocenters. The van der Waals surface area contributed by atoms with E-state index in [4.69, 9.17) is 9.47 Å². The molecule has 132 valence electrons. The Balaban J connectivity index is 1.74. The molecule has 2 heterocycles. The number of ether oxygens (including phenoxy) is 2. The third kappa shape index (κ3) is 3.46. The number of benzene rings is 1. The van der Waals surface area contributed by atoms with E-state index >= 15 is 0 Å². The van der Waals surface area contributed by atoms with E-state index in [2.05, 4.69) is 0 Å². The molecule has 1 saturated heterocycles. The molecule has 6 nitrogen and oxygen atoms in total. The number of hydrogen-bond acceptors (Lipinski definition) is 5. The quantitative estimate of drug-likeness (QED) is 0.764. The summed E-state index contributed by atoms with van der Waals surface area (Å²) in [6.45, 7) is 3.86. The minimum Gasteiger partial charge on any atom is -0.490 e. The molecule has 0 unspecified atom stereocenters. The van der Waals surface area contributed by atoms with Gasteiger partial charge in [-0.25, -0.2) is 0 Å². The average Bonchev–Trinajstić information content (AvgIpc) is 3.17.